The average Bonchev–Trinajstić information content (AvgIpc) is 3.10. The quantitative estimate of drug-likeness (QED) is 0.379. The molecule has 3 saturated heterocycles. The number of rotatable bonds is 9. The zero-order valence-electron chi connectivity index (χ0n) is 24.2. The minimum Gasteiger partial charge on any atom is -0.443 e. The average molecular weight is 576 g/mol. The van der Waals surface area contributed by atoms with E-state index in [1.165, 1.54) is 12.8 Å². The lowest BCUT2D eigenvalue weighted by atomic mass is 10.0. The summed E-state index contributed by atoms with van der Waals surface area (Å²) in [7, 11) is 2.21. The molecule has 12 heteroatoms. The number of benzene rings is 1. The number of carbonyl (C=O) groups excluding carboxylic acids is 1. The number of nitrogens with zero attached hydrogens (tertiary/aromatic N) is 5. The third-order valence-corrected chi connectivity index (χ3v) is 8.53. The number of alkyl halides is 3. The predicted octanol–water partition coefficient (Wildman–Crippen LogP) is 5.51. The van der Waals surface area contributed by atoms with Gasteiger partial charge in [-0.1, -0.05) is 6.92 Å². The highest BCUT2D eigenvalue weighted by molar-refractivity contribution is 5.69. The Morgan fingerprint density at radius 3 is 2.56 bits per heavy atom. The van der Waals surface area contributed by atoms with E-state index in [9.17, 15) is 18.0 Å². The van der Waals surface area contributed by atoms with Crippen LogP contribution in [0.1, 0.15) is 57.6 Å². The number of piperazine rings is 1. The molecule has 3 aliphatic heterocycles. The summed E-state index contributed by atoms with van der Waals surface area (Å²) in [5.74, 6) is -0.206. The SMILES string of the molecule is CCc1cc(N2C[C@H]3CC[C@@H](C2)N3C)ccc1Nc1ncc(C(F)(F)F)c(NCCCN2CCC(C)(C)OC2=O)n1. The van der Waals surface area contributed by atoms with Crippen LogP contribution in [0.4, 0.5) is 41.1 Å². The molecule has 0 saturated carbocycles. The maximum Gasteiger partial charge on any atom is 0.421 e. The van der Waals surface area contributed by atoms with E-state index in [1.807, 2.05) is 19.9 Å². The number of fused-ring (bicyclic) bond motifs is 2. The van der Waals surface area contributed by atoms with Crippen molar-refractivity contribution in [1.29, 1.82) is 0 Å². The van der Waals surface area contributed by atoms with Crippen LogP contribution in [0.25, 0.3) is 0 Å². The van der Waals surface area contributed by atoms with Crippen molar-refractivity contribution < 1.29 is 22.7 Å². The Labute approximate surface area is 239 Å². The number of anilines is 4. The molecule has 4 heterocycles. The summed E-state index contributed by atoms with van der Waals surface area (Å²) in [6.07, 6.45) is 0.133. The van der Waals surface area contributed by atoms with Gasteiger partial charge < -0.3 is 25.2 Å². The van der Waals surface area contributed by atoms with Crippen molar-refractivity contribution in [3.8, 4) is 0 Å². The molecule has 0 radical (unpaired) electrons. The van der Waals surface area contributed by atoms with Gasteiger partial charge in [-0.25, -0.2) is 9.78 Å². The van der Waals surface area contributed by atoms with E-state index in [4.69, 9.17) is 4.74 Å². The third kappa shape index (κ3) is 6.63. The van der Waals surface area contributed by atoms with E-state index in [0.717, 1.165) is 42.6 Å². The number of cyclic esters (lactones) is 1. The summed E-state index contributed by atoms with van der Waals surface area (Å²) in [6, 6.07) is 7.32. The van der Waals surface area contributed by atoms with Crippen molar-refractivity contribution in [3.05, 3.63) is 35.5 Å². The zero-order chi connectivity index (χ0) is 29.4. The van der Waals surface area contributed by atoms with Gasteiger partial charge in [-0.05, 0) is 70.3 Å². The maximum atomic E-state index is 13.7. The van der Waals surface area contributed by atoms with Crippen LogP contribution >= 0.6 is 0 Å². The second-order valence-electron chi connectivity index (χ2n) is 11.9. The first-order chi connectivity index (χ1) is 19.4. The number of amides is 1. The number of nitrogens with one attached hydrogen (secondary N) is 2. The van der Waals surface area contributed by atoms with Crippen LogP contribution in [0.3, 0.4) is 0 Å². The van der Waals surface area contributed by atoms with E-state index in [0.29, 0.717) is 38.0 Å². The Balaban J connectivity index is 1.25. The fraction of sp³-hybridized carbons (Fsp3) is 0.621. The smallest absolute Gasteiger partial charge is 0.421 e. The van der Waals surface area contributed by atoms with Gasteiger partial charge in [-0.3, -0.25) is 4.90 Å². The first kappa shape index (κ1) is 29.2. The molecule has 1 aromatic heterocycles. The van der Waals surface area contributed by atoms with E-state index >= 15 is 0 Å². The van der Waals surface area contributed by atoms with Crippen molar-refractivity contribution in [2.24, 2.45) is 0 Å². The number of hydrogen-bond acceptors (Lipinski definition) is 8. The van der Waals surface area contributed by atoms with Crippen LogP contribution in [0.15, 0.2) is 24.4 Å². The number of ether oxygens (including phenoxy) is 1. The summed E-state index contributed by atoms with van der Waals surface area (Å²) in [6.45, 7) is 8.89. The first-order valence-corrected chi connectivity index (χ1v) is 14.5. The fourth-order valence-corrected chi connectivity index (χ4v) is 5.95. The molecular weight excluding hydrogens is 535 g/mol. The number of halogens is 3. The lowest BCUT2D eigenvalue weighted by Gasteiger charge is -2.40. The van der Waals surface area contributed by atoms with Crippen LogP contribution in [-0.4, -0.2) is 83.3 Å². The predicted molar refractivity (Wildman–Crippen MR) is 153 cm³/mol. The molecule has 2 atom stereocenters. The summed E-state index contributed by atoms with van der Waals surface area (Å²) in [5.41, 5.74) is 1.54. The van der Waals surface area contributed by atoms with Crippen LogP contribution in [0.2, 0.25) is 0 Å². The number of aromatic nitrogens is 2. The zero-order valence-corrected chi connectivity index (χ0v) is 24.2. The molecule has 2 bridgehead atoms. The Morgan fingerprint density at radius 1 is 1.17 bits per heavy atom. The molecule has 224 valence electrons. The van der Waals surface area contributed by atoms with Gasteiger partial charge in [0.05, 0.1) is 0 Å². The molecule has 0 aliphatic carbocycles. The largest absolute Gasteiger partial charge is 0.443 e. The van der Waals surface area contributed by atoms with Gasteiger partial charge in [-0.15, -0.1) is 0 Å². The van der Waals surface area contributed by atoms with E-state index in [-0.39, 0.29) is 18.3 Å². The van der Waals surface area contributed by atoms with Crippen LogP contribution in [-0.2, 0) is 17.3 Å². The van der Waals surface area contributed by atoms with Crippen LogP contribution < -0.4 is 15.5 Å². The molecule has 2 aromatic rings. The molecule has 2 N–H and O–H groups in total. The lowest BCUT2D eigenvalue weighted by Crippen LogP contribution is -2.52. The molecule has 1 aromatic carbocycles. The molecule has 1 amide bonds. The number of aryl methyl sites for hydroxylation is 1. The summed E-state index contributed by atoms with van der Waals surface area (Å²) >= 11 is 0. The molecule has 9 nitrogen and oxygen atoms in total. The van der Waals surface area contributed by atoms with Crippen molar-refractivity contribution >= 4 is 29.2 Å². The van der Waals surface area contributed by atoms with Gasteiger partial charge in [0, 0.05) is 68.8 Å². The second-order valence-corrected chi connectivity index (χ2v) is 11.9. The lowest BCUT2D eigenvalue weighted by molar-refractivity contribution is -0.137. The molecule has 0 spiro atoms. The molecule has 0 unspecified atom stereocenters. The number of hydrogen-bond donors (Lipinski definition) is 2. The van der Waals surface area contributed by atoms with Gasteiger partial charge in [0.1, 0.15) is 17.0 Å². The standard InChI is InChI=1S/C29H40F3N7O2/c1-5-19-15-20(39-17-21-7-8-22(18-39)37(21)4)9-10-24(19)35-26-34-16-23(29(30,31)32)25(36-26)33-12-6-13-38-14-11-28(2,3)41-27(38)40/h9-10,15-16,21-22H,5-8,11-14,17-18H2,1-4H3,(H2,33,34,35,36)/t21-,22+. The summed E-state index contributed by atoms with van der Waals surface area (Å²) in [5, 5.41) is 5.95. The van der Waals surface area contributed by atoms with Crippen molar-refractivity contribution in [2.75, 3.05) is 55.3 Å². The molecule has 3 aliphatic rings. The molecule has 41 heavy (non-hydrogen) atoms. The van der Waals surface area contributed by atoms with E-state index in [1.54, 1.807) is 4.90 Å². The Kier molecular flexibility index (Phi) is 8.22. The molecular formula is C29H40F3N7O2. The second kappa shape index (κ2) is 11.5. The Bertz CT molecular complexity index is 1240. The van der Waals surface area contributed by atoms with E-state index < -0.39 is 23.4 Å². The normalized spacial score (nSPS) is 22.6. The molecule has 5 rings (SSSR count). The van der Waals surface area contributed by atoms with Gasteiger partial charge >= 0.3 is 12.3 Å². The minimum atomic E-state index is -4.61. The molecule has 3 fully saturated rings. The maximum absolute atomic E-state index is 13.7. The Morgan fingerprint density at radius 2 is 1.90 bits per heavy atom. The van der Waals surface area contributed by atoms with Gasteiger partial charge in [0.15, 0.2) is 0 Å². The van der Waals surface area contributed by atoms with Crippen LogP contribution in [0.5, 0.6) is 0 Å². The van der Waals surface area contributed by atoms with Gasteiger partial charge in [-0.2, -0.15) is 18.2 Å². The first-order valence-electron chi connectivity index (χ1n) is 14.5. The summed E-state index contributed by atoms with van der Waals surface area (Å²) < 4.78 is 46.6. The van der Waals surface area contributed by atoms with Gasteiger partial charge in [0.2, 0.25) is 5.95 Å². The van der Waals surface area contributed by atoms with Gasteiger partial charge in [0.25, 0.3) is 0 Å². The van der Waals surface area contributed by atoms with Crippen molar-refractivity contribution in [3.63, 3.8) is 0 Å². The minimum absolute atomic E-state index is 0.0856. The Hall–Kier alpha value is -3.28. The monoisotopic (exact) mass is 575 g/mol. The third-order valence-electron chi connectivity index (χ3n) is 8.53. The van der Waals surface area contributed by atoms with Crippen molar-refractivity contribution in [2.45, 2.75) is 76.7 Å². The summed E-state index contributed by atoms with van der Waals surface area (Å²) in [4.78, 5) is 26.9. The van der Waals surface area contributed by atoms with Crippen molar-refractivity contribution in [1.82, 2.24) is 19.8 Å². The number of carbonyl (C=O) groups is 1. The highest BCUT2D eigenvalue weighted by Crippen LogP contribution is 2.36. The number of likely N-dealkylation sites (N-methyl/N-ethyl adjacent to an activating group) is 1. The fourth-order valence-electron chi connectivity index (χ4n) is 5.95. The van der Waals surface area contributed by atoms with E-state index in [2.05, 4.69) is 56.5 Å². The van der Waals surface area contributed by atoms with Crippen LogP contribution in [0, 0.1) is 0 Å². The topological polar surface area (TPSA) is 85.9 Å². The highest BCUT2D eigenvalue weighted by Gasteiger charge is 2.38. The highest BCUT2D eigenvalue weighted by atomic mass is 19.4.